The quantitative estimate of drug-likeness (QED) is 0.627. The number of likely N-dealkylation sites (N-methyl/N-ethyl adjacent to an activating group) is 1. The van der Waals surface area contributed by atoms with Crippen LogP contribution in [0.25, 0.3) is 0 Å². The molecule has 0 heterocycles. The van der Waals surface area contributed by atoms with Crippen LogP contribution < -0.4 is 9.88 Å². The summed E-state index contributed by atoms with van der Waals surface area (Å²) in [7, 11) is -6.30. The molecule has 10 heteroatoms. The molecule has 1 aromatic carbocycles. The average Bonchev–Trinajstić information content (AvgIpc) is 2.48. The number of hydrogen-bond donors (Lipinski definition) is 1. The highest BCUT2D eigenvalue weighted by molar-refractivity contribution is 7.89. The second-order valence-corrected chi connectivity index (χ2v) is 8.39. The Bertz CT molecular complexity index is 757. The van der Waals surface area contributed by atoms with Gasteiger partial charge in [-0.3, -0.25) is 4.18 Å². The predicted molar refractivity (Wildman–Crippen MR) is 90.8 cm³/mol. The summed E-state index contributed by atoms with van der Waals surface area (Å²) in [5, 5.41) is 5.16. The van der Waals surface area contributed by atoms with E-state index >= 15 is 0 Å². The molecule has 0 radical (unpaired) electrons. The number of methoxy groups -OCH3 is 1. The summed E-state index contributed by atoms with van der Waals surface area (Å²) in [6, 6.07) is 4.01. The van der Waals surface area contributed by atoms with Crippen molar-refractivity contribution >= 4 is 20.1 Å². The van der Waals surface area contributed by atoms with Crippen LogP contribution in [-0.2, 0) is 24.3 Å². The molecule has 0 fully saturated rings. The van der Waals surface area contributed by atoms with Gasteiger partial charge in [-0.2, -0.15) is 8.42 Å². The molecular formula is C14H24N2O6S2. The van der Waals surface area contributed by atoms with Gasteiger partial charge in [0.25, 0.3) is 10.1 Å². The minimum Gasteiger partial charge on any atom is -0.496 e. The fourth-order valence-electron chi connectivity index (χ4n) is 2.25. The number of nitrogens with zero attached hydrogens (tertiary/aromatic N) is 1. The van der Waals surface area contributed by atoms with Crippen LogP contribution in [0.1, 0.15) is 25.5 Å². The van der Waals surface area contributed by atoms with Gasteiger partial charge in [0.05, 0.1) is 18.3 Å². The molecular weight excluding hydrogens is 356 g/mol. The van der Waals surface area contributed by atoms with Crippen LogP contribution in [0.4, 0.5) is 0 Å². The molecule has 0 aliphatic rings. The first-order valence-electron chi connectivity index (χ1n) is 7.33. The van der Waals surface area contributed by atoms with E-state index in [4.69, 9.17) is 14.1 Å². The molecule has 8 nitrogen and oxygen atoms in total. The Balaban J connectivity index is 3.43. The summed E-state index contributed by atoms with van der Waals surface area (Å²) in [6.45, 7) is 5.47. The van der Waals surface area contributed by atoms with Crippen LogP contribution in [0.5, 0.6) is 5.75 Å². The van der Waals surface area contributed by atoms with E-state index in [0.29, 0.717) is 24.4 Å². The minimum atomic E-state index is -3.94. The second kappa shape index (κ2) is 8.26. The zero-order chi connectivity index (χ0) is 18.5. The minimum absolute atomic E-state index is 0.139. The van der Waals surface area contributed by atoms with Crippen LogP contribution in [0.15, 0.2) is 23.1 Å². The molecule has 0 saturated heterocycles. The standard InChI is InChI=1S/C14H24N2O6S2/c1-5-16(6-2)10-14(22-23(4,17)18)12-9-11(24(15,19)20)7-8-13(12)21-3/h7-9,14H,5-6,10H2,1-4H3,(H2,15,19,20). The topological polar surface area (TPSA) is 116 Å². The number of primary sulfonamides is 1. The maximum Gasteiger partial charge on any atom is 0.265 e. The predicted octanol–water partition coefficient (Wildman–Crippen LogP) is 0.702. The third-order valence-electron chi connectivity index (χ3n) is 3.49. The zero-order valence-electron chi connectivity index (χ0n) is 14.2. The van der Waals surface area contributed by atoms with Crippen molar-refractivity contribution in [2.75, 3.05) is 33.0 Å². The van der Waals surface area contributed by atoms with Gasteiger partial charge in [-0.25, -0.2) is 13.6 Å². The molecule has 0 aliphatic carbocycles. The molecule has 24 heavy (non-hydrogen) atoms. The number of sulfonamides is 1. The van der Waals surface area contributed by atoms with Crippen molar-refractivity contribution in [2.24, 2.45) is 5.14 Å². The number of nitrogens with two attached hydrogens (primary N) is 1. The van der Waals surface area contributed by atoms with E-state index in [1.807, 2.05) is 18.7 Å². The zero-order valence-corrected chi connectivity index (χ0v) is 15.9. The van der Waals surface area contributed by atoms with Crippen molar-refractivity contribution in [3.8, 4) is 5.75 Å². The number of rotatable bonds is 9. The van der Waals surface area contributed by atoms with Gasteiger partial charge in [0, 0.05) is 12.1 Å². The highest BCUT2D eigenvalue weighted by atomic mass is 32.2. The number of benzene rings is 1. The average molecular weight is 380 g/mol. The highest BCUT2D eigenvalue weighted by Crippen LogP contribution is 2.31. The maximum atomic E-state index is 11.6. The summed E-state index contributed by atoms with van der Waals surface area (Å²) in [4.78, 5) is 1.82. The van der Waals surface area contributed by atoms with Crippen LogP contribution in [0, 0.1) is 0 Å². The first-order valence-corrected chi connectivity index (χ1v) is 10.7. The fourth-order valence-corrected chi connectivity index (χ4v) is 3.38. The highest BCUT2D eigenvalue weighted by Gasteiger charge is 2.25. The molecule has 138 valence electrons. The number of hydrogen-bond acceptors (Lipinski definition) is 7. The molecule has 1 aromatic rings. The number of ether oxygens (including phenoxy) is 1. The fraction of sp³-hybridized carbons (Fsp3) is 0.571. The Morgan fingerprint density at radius 1 is 1.17 bits per heavy atom. The Kier molecular flexibility index (Phi) is 7.17. The van der Waals surface area contributed by atoms with E-state index in [1.165, 1.54) is 25.3 Å². The van der Waals surface area contributed by atoms with E-state index in [1.54, 1.807) is 0 Å². The molecule has 0 aliphatic heterocycles. The summed E-state index contributed by atoms with van der Waals surface area (Å²) in [5.41, 5.74) is 0.307. The van der Waals surface area contributed by atoms with Crippen molar-refractivity contribution in [3.63, 3.8) is 0 Å². The van der Waals surface area contributed by atoms with Crippen molar-refractivity contribution in [1.82, 2.24) is 4.90 Å². The van der Waals surface area contributed by atoms with E-state index in [9.17, 15) is 16.8 Å². The lowest BCUT2D eigenvalue weighted by Crippen LogP contribution is -2.30. The van der Waals surface area contributed by atoms with Gasteiger partial charge in [-0.05, 0) is 31.3 Å². The Hall–Kier alpha value is -1.20. The van der Waals surface area contributed by atoms with E-state index in [2.05, 4.69) is 0 Å². The molecule has 0 spiro atoms. The molecule has 0 saturated carbocycles. The first kappa shape index (κ1) is 20.8. The normalized spacial score (nSPS) is 13.9. The SMILES string of the molecule is CCN(CC)CC(OS(C)(=O)=O)c1cc(S(N)(=O)=O)ccc1OC. The molecule has 1 rings (SSSR count). The van der Waals surface area contributed by atoms with Crippen LogP contribution in [-0.4, -0.2) is 54.7 Å². The molecule has 0 aromatic heterocycles. The van der Waals surface area contributed by atoms with Crippen LogP contribution in [0.3, 0.4) is 0 Å². The Labute approximate surface area is 143 Å². The summed E-state index contributed by atoms with van der Waals surface area (Å²) < 4.78 is 56.9. The summed E-state index contributed by atoms with van der Waals surface area (Å²) in [5.74, 6) is 0.322. The van der Waals surface area contributed by atoms with Crippen LogP contribution >= 0.6 is 0 Å². The smallest absolute Gasteiger partial charge is 0.265 e. The van der Waals surface area contributed by atoms with Gasteiger partial charge in [0.2, 0.25) is 10.0 Å². The van der Waals surface area contributed by atoms with Crippen LogP contribution in [0.2, 0.25) is 0 Å². The molecule has 1 unspecified atom stereocenters. The van der Waals surface area contributed by atoms with Gasteiger partial charge in [-0.1, -0.05) is 13.8 Å². The van der Waals surface area contributed by atoms with Gasteiger partial charge < -0.3 is 9.64 Å². The third-order valence-corrected chi connectivity index (χ3v) is 4.98. The van der Waals surface area contributed by atoms with Gasteiger partial charge in [0.1, 0.15) is 11.9 Å². The first-order chi connectivity index (χ1) is 11.0. The largest absolute Gasteiger partial charge is 0.496 e. The maximum absolute atomic E-state index is 11.6. The lowest BCUT2D eigenvalue weighted by atomic mass is 10.1. The lowest BCUT2D eigenvalue weighted by molar-refractivity contribution is 0.144. The van der Waals surface area contributed by atoms with Crippen molar-refractivity contribution < 1.29 is 25.8 Å². The molecule has 0 bridgehead atoms. The van der Waals surface area contributed by atoms with Crippen molar-refractivity contribution in [2.45, 2.75) is 24.8 Å². The summed E-state index contributed by atoms with van der Waals surface area (Å²) in [6.07, 6.45) is 0.0228. The second-order valence-electron chi connectivity index (χ2n) is 5.22. The monoisotopic (exact) mass is 380 g/mol. The molecule has 0 amide bonds. The summed E-state index contributed by atoms with van der Waals surface area (Å²) >= 11 is 0. The third kappa shape index (κ3) is 6.02. The lowest BCUT2D eigenvalue weighted by Gasteiger charge is -2.26. The van der Waals surface area contributed by atoms with E-state index < -0.39 is 26.2 Å². The van der Waals surface area contributed by atoms with Crippen molar-refractivity contribution in [1.29, 1.82) is 0 Å². The van der Waals surface area contributed by atoms with E-state index in [0.717, 1.165) is 6.26 Å². The van der Waals surface area contributed by atoms with Gasteiger partial charge >= 0.3 is 0 Å². The Morgan fingerprint density at radius 3 is 2.17 bits per heavy atom. The van der Waals surface area contributed by atoms with Gasteiger partial charge in [0.15, 0.2) is 0 Å². The van der Waals surface area contributed by atoms with Crippen molar-refractivity contribution in [3.05, 3.63) is 23.8 Å². The molecule has 1 atom stereocenters. The van der Waals surface area contributed by atoms with Gasteiger partial charge in [-0.15, -0.1) is 0 Å². The Morgan fingerprint density at radius 2 is 1.75 bits per heavy atom. The molecule has 2 N–H and O–H groups in total. The van der Waals surface area contributed by atoms with E-state index in [-0.39, 0.29) is 11.4 Å².